The first-order chi connectivity index (χ1) is 9.79. The van der Waals surface area contributed by atoms with Crippen LogP contribution in [0.1, 0.15) is 30.7 Å². The minimum absolute atomic E-state index is 0.0169. The number of likely N-dealkylation sites (N-methyl/N-ethyl adjacent to an activating group) is 1. The number of rotatable bonds is 6. The fourth-order valence-electron chi connectivity index (χ4n) is 2.05. The van der Waals surface area contributed by atoms with Gasteiger partial charge in [0.05, 0.1) is 16.7 Å². The van der Waals surface area contributed by atoms with Crippen LogP contribution in [0.5, 0.6) is 0 Å². The third kappa shape index (κ3) is 3.98. The van der Waals surface area contributed by atoms with E-state index in [0.717, 1.165) is 0 Å². The van der Waals surface area contributed by atoms with E-state index in [0.29, 0.717) is 29.9 Å². The molecule has 0 aliphatic carbocycles. The van der Waals surface area contributed by atoms with Crippen LogP contribution in [-0.4, -0.2) is 40.3 Å². The van der Waals surface area contributed by atoms with Crippen LogP contribution in [0.4, 0.5) is 5.69 Å². The fraction of sp³-hybridized carbons (Fsp3) is 0.571. The fourth-order valence-corrected chi connectivity index (χ4v) is 2.05. The molecule has 1 heterocycles. The molecule has 1 amide bonds. The summed E-state index contributed by atoms with van der Waals surface area (Å²) >= 11 is 0. The molecule has 0 aliphatic heterocycles. The molecule has 1 atom stereocenters. The predicted octanol–water partition coefficient (Wildman–Crippen LogP) is 1.56. The van der Waals surface area contributed by atoms with E-state index in [1.54, 1.807) is 32.7 Å². The molecule has 0 radical (unpaired) electrons. The van der Waals surface area contributed by atoms with Gasteiger partial charge in [-0.15, -0.1) is 0 Å². The summed E-state index contributed by atoms with van der Waals surface area (Å²) in [4.78, 5) is 28.5. The van der Waals surface area contributed by atoms with E-state index in [9.17, 15) is 14.9 Å². The zero-order valence-electron chi connectivity index (χ0n) is 13.1. The Bertz CT molecular complexity index is 545. The minimum Gasteiger partial charge on any atom is -0.345 e. The number of hydrogen-bond donors (Lipinski definition) is 1. The van der Waals surface area contributed by atoms with Gasteiger partial charge in [0, 0.05) is 37.5 Å². The van der Waals surface area contributed by atoms with Crippen molar-refractivity contribution in [3.8, 4) is 0 Å². The highest BCUT2D eigenvalue weighted by atomic mass is 16.6. The van der Waals surface area contributed by atoms with Gasteiger partial charge >= 0.3 is 0 Å². The van der Waals surface area contributed by atoms with Crippen LogP contribution >= 0.6 is 0 Å². The molecule has 1 aromatic heterocycles. The van der Waals surface area contributed by atoms with Crippen molar-refractivity contribution in [3.63, 3.8) is 0 Å². The van der Waals surface area contributed by atoms with Gasteiger partial charge in [-0.3, -0.25) is 19.9 Å². The van der Waals surface area contributed by atoms with Gasteiger partial charge in [-0.05, 0) is 27.7 Å². The minimum atomic E-state index is -0.394. The average molecular weight is 294 g/mol. The van der Waals surface area contributed by atoms with Crippen LogP contribution in [0.3, 0.4) is 0 Å². The number of amides is 1. The van der Waals surface area contributed by atoms with Crippen LogP contribution in [0.2, 0.25) is 0 Å². The molecular formula is C14H22N4O3. The molecule has 7 heteroatoms. The maximum atomic E-state index is 11.9. The van der Waals surface area contributed by atoms with E-state index < -0.39 is 4.92 Å². The van der Waals surface area contributed by atoms with Crippen molar-refractivity contribution in [1.82, 2.24) is 15.2 Å². The summed E-state index contributed by atoms with van der Waals surface area (Å²) in [6.07, 6.45) is 1.49. The molecule has 21 heavy (non-hydrogen) atoms. The maximum absolute atomic E-state index is 11.9. The zero-order chi connectivity index (χ0) is 16.2. The number of hydrogen-bond acceptors (Lipinski definition) is 5. The number of aromatic nitrogens is 1. The van der Waals surface area contributed by atoms with E-state index in [1.165, 1.54) is 6.20 Å². The number of nitrogens with zero attached hydrogens (tertiary/aromatic N) is 3. The Balaban J connectivity index is 2.83. The molecule has 0 saturated carbocycles. The molecular weight excluding hydrogens is 272 g/mol. The molecule has 0 aliphatic rings. The Morgan fingerprint density at radius 3 is 2.67 bits per heavy atom. The van der Waals surface area contributed by atoms with Gasteiger partial charge in [0.25, 0.3) is 5.69 Å². The molecule has 1 aromatic rings. The van der Waals surface area contributed by atoms with Crippen molar-refractivity contribution in [2.75, 3.05) is 13.6 Å². The second-order valence-electron chi connectivity index (χ2n) is 5.07. The van der Waals surface area contributed by atoms with E-state index in [1.807, 2.05) is 6.92 Å². The van der Waals surface area contributed by atoms with Crippen molar-refractivity contribution < 1.29 is 9.72 Å². The van der Waals surface area contributed by atoms with Crippen molar-refractivity contribution in [3.05, 3.63) is 33.1 Å². The summed E-state index contributed by atoms with van der Waals surface area (Å²) < 4.78 is 0. The van der Waals surface area contributed by atoms with E-state index in [-0.39, 0.29) is 17.6 Å². The molecule has 0 fully saturated rings. The van der Waals surface area contributed by atoms with Gasteiger partial charge in [-0.1, -0.05) is 0 Å². The summed E-state index contributed by atoms with van der Waals surface area (Å²) in [6.45, 7) is 7.97. The standard InChI is InChI=1S/C14H22N4O3/c1-6-17(5)14(19)11(4)15-8-12-10(3)13(18(20)21)9(2)7-16-12/h7,11,15H,6,8H2,1-5H3. The van der Waals surface area contributed by atoms with Crippen molar-refractivity contribution >= 4 is 11.6 Å². The van der Waals surface area contributed by atoms with Gasteiger partial charge in [-0.25, -0.2) is 0 Å². The third-order valence-corrected chi connectivity index (χ3v) is 3.55. The summed E-state index contributed by atoms with van der Waals surface area (Å²) in [5.74, 6) is -0.0169. The molecule has 0 saturated heterocycles. The van der Waals surface area contributed by atoms with Gasteiger partial charge in [0.2, 0.25) is 5.91 Å². The normalized spacial score (nSPS) is 12.0. The Kier molecular flexibility index (Phi) is 5.78. The molecule has 1 N–H and O–H groups in total. The maximum Gasteiger partial charge on any atom is 0.278 e. The number of pyridine rings is 1. The van der Waals surface area contributed by atoms with Crippen molar-refractivity contribution in [2.24, 2.45) is 0 Å². The lowest BCUT2D eigenvalue weighted by Crippen LogP contribution is -2.42. The summed E-state index contributed by atoms with van der Waals surface area (Å²) in [7, 11) is 1.74. The van der Waals surface area contributed by atoms with Crippen LogP contribution < -0.4 is 5.32 Å². The van der Waals surface area contributed by atoms with Gasteiger partial charge in [0.1, 0.15) is 0 Å². The molecule has 1 unspecified atom stereocenters. The van der Waals surface area contributed by atoms with Crippen LogP contribution in [-0.2, 0) is 11.3 Å². The van der Waals surface area contributed by atoms with E-state index in [4.69, 9.17) is 0 Å². The number of nitro groups is 1. The monoisotopic (exact) mass is 294 g/mol. The molecule has 0 spiro atoms. The summed E-state index contributed by atoms with van der Waals surface area (Å²) in [5.41, 5.74) is 1.75. The molecule has 7 nitrogen and oxygen atoms in total. The lowest BCUT2D eigenvalue weighted by Gasteiger charge is -2.20. The van der Waals surface area contributed by atoms with Gasteiger partial charge in [0.15, 0.2) is 0 Å². The third-order valence-electron chi connectivity index (χ3n) is 3.55. The van der Waals surface area contributed by atoms with Crippen LogP contribution in [0.15, 0.2) is 6.20 Å². The Morgan fingerprint density at radius 2 is 2.14 bits per heavy atom. The molecule has 0 bridgehead atoms. The first kappa shape index (κ1) is 17.0. The predicted molar refractivity (Wildman–Crippen MR) is 80.0 cm³/mol. The molecule has 0 aromatic carbocycles. The highest BCUT2D eigenvalue weighted by Crippen LogP contribution is 2.23. The Morgan fingerprint density at radius 1 is 1.52 bits per heavy atom. The average Bonchev–Trinajstić information content (AvgIpc) is 2.44. The quantitative estimate of drug-likeness (QED) is 0.635. The van der Waals surface area contributed by atoms with E-state index >= 15 is 0 Å². The number of nitrogens with one attached hydrogen (secondary N) is 1. The smallest absolute Gasteiger partial charge is 0.278 e. The first-order valence-corrected chi connectivity index (χ1v) is 6.87. The second-order valence-corrected chi connectivity index (χ2v) is 5.07. The largest absolute Gasteiger partial charge is 0.345 e. The number of carbonyl (C=O) groups excluding carboxylic acids is 1. The van der Waals surface area contributed by atoms with E-state index in [2.05, 4.69) is 10.3 Å². The Labute approximate surface area is 124 Å². The molecule has 116 valence electrons. The van der Waals surface area contributed by atoms with Gasteiger partial charge in [-0.2, -0.15) is 0 Å². The highest BCUT2D eigenvalue weighted by molar-refractivity contribution is 5.81. The lowest BCUT2D eigenvalue weighted by molar-refractivity contribution is -0.386. The number of carbonyl (C=O) groups is 1. The zero-order valence-corrected chi connectivity index (χ0v) is 13.1. The van der Waals surface area contributed by atoms with Gasteiger partial charge < -0.3 is 10.2 Å². The van der Waals surface area contributed by atoms with Crippen molar-refractivity contribution in [2.45, 2.75) is 40.3 Å². The van der Waals surface area contributed by atoms with Crippen molar-refractivity contribution in [1.29, 1.82) is 0 Å². The Hall–Kier alpha value is -2.02. The van der Waals surface area contributed by atoms with Crippen LogP contribution in [0, 0.1) is 24.0 Å². The second kappa shape index (κ2) is 7.12. The first-order valence-electron chi connectivity index (χ1n) is 6.87. The lowest BCUT2D eigenvalue weighted by atomic mass is 10.1. The number of aryl methyl sites for hydroxylation is 1. The SMILES string of the molecule is CCN(C)C(=O)C(C)NCc1ncc(C)c([N+](=O)[O-])c1C. The highest BCUT2D eigenvalue weighted by Gasteiger charge is 2.20. The van der Waals surface area contributed by atoms with Crippen LogP contribution in [0.25, 0.3) is 0 Å². The summed E-state index contributed by atoms with van der Waals surface area (Å²) in [5, 5.41) is 14.1. The summed E-state index contributed by atoms with van der Waals surface area (Å²) in [6, 6.07) is -0.364. The molecule has 1 rings (SSSR count). The topological polar surface area (TPSA) is 88.4 Å².